The van der Waals surface area contributed by atoms with Gasteiger partial charge >= 0.3 is 23.9 Å². The van der Waals surface area contributed by atoms with E-state index in [1.54, 1.807) is 24.3 Å². The molecule has 0 aliphatic carbocycles. The molecule has 0 fully saturated rings. The van der Waals surface area contributed by atoms with Gasteiger partial charge < -0.3 is 43.4 Å². The third kappa shape index (κ3) is 9.96. The first-order valence-corrected chi connectivity index (χ1v) is 22.7. The highest BCUT2D eigenvalue weighted by molar-refractivity contribution is 5.95. The van der Waals surface area contributed by atoms with Crippen LogP contribution in [-0.2, 0) is 34.5 Å². The summed E-state index contributed by atoms with van der Waals surface area (Å²) in [5, 5.41) is 43.5. The summed E-state index contributed by atoms with van der Waals surface area (Å²) in [5.41, 5.74) is 30.6. The summed E-state index contributed by atoms with van der Waals surface area (Å²) in [6, 6.07) is 12.9. The Morgan fingerprint density at radius 1 is 0.431 bits per heavy atom. The Labute approximate surface area is 384 Å². The lowest BCUT2D eigenvalue weighted by Gasteiger charge is -2.37. The van der Waals surface area contributed by atoms with Crippen molar-refractivity contribution in [3.05, 3.63) is 115 Å². The molecule has 0 amide bonds. The van der Waals surface area contributed by atoms with Crippen LogP contribution in [0, 0.1) is 0 Å². The van der Waals surface area contributed by atoms with Crippen molar-refractivity contribution < 1.29 is 39.6 Å². The number of nitrogen functional groups attached to an aromatic ring is 4. The van der Waals surface area contributed by atoms with Crippen molar-refractivity contribution in [2.45, 2.75) is 162 Å². The number of hydrogen-bond donors (Lipinski definition) is 8. The molecule has 12 heteroatoms. The molecule has 65 heavy (non-hydrogen) atoms. The van der Waals surface area contributed by atoms with Gasteiger partial charge in [-0.3, -0.25) is 0 Å². The van der Waals surface area contributed by atoms with E-state index in [4.69, 9.17) is 22.9 Å². The van der Waals surface area contributed by atoms with Gasteiger partial charge in [-0.25, -0.2) is 19.2 Å². The summed E-state index contributed by atoms with van der Waals surface area (Å²) in [6.45, 7) is 24.0. The molecular weight excluding hydrogens is 821 g/mol. The Balaban J connectivity index is 2.36. The van der Waals surface area contributed by atoms with Crippen LogP contribution in [-0.4, -0.2) is 44.3 Å². The quantitative estimate of drug-likeness (QED) is 0.0386. The lowest BCUT2D eigenvalue weighted by atomic mass is 9.68. The van der Waals surface area contributed by atoms with Gasteiger partial charge in [-0.05, 0) is 147 Å². The maximum Gasteiger partial charge on any atom is 0.336 e. The number of carboxylic acid groups (broad SMARTS) is 4. The fourth-order valence-corrected chi connectivity index (χ4v) is 9.30. The monoisotopic (exact) mass is 893 g/mol. The van der Waals surface area contributed by atoms with Crippen LogP contribution in [0.1, 0.15) is 213 Å². The molecule has 12 N–H and O–H groups in total. The molecule has 4 aromatic rings. The Morgan fingerprint density at radius 2 is 0.708 bits per heavy atom. The van der Waals surface area contributed by atoms with Crippen LogP contribution in [0.15, 0.2) is 48.5 Å². The fraction of sp³-hybridized carbons (Fsp3) is 0.472. The molecular formula is C53H72N4O8. The molecule has 0 aromatic heterocycles. The molecule has 352 valence electrons. The highest BCUT2D eigenvalue weighted by Crippen LogP contribution is 2.51. The number of anilines is 4. The minimum Gasteiger partial charge on any atom is -0.478 e. The van der Waals surface area contributed by atoms with Crippen molar-refractivity contribution in [2.24, 2.45) is 0 Å². The zero-order chi connectivity index (χ0) is 49.3. The van der Waals surface area contributed by atoms with E-state index in [1.165, 1.54) is 24.3 Å². The van der Waals surface area contributed by atoms with Crippen molar-refractivity contribution in [1.29, 1.82) is 0 Å². The van der Waals surface area contributed by atoms with E-state index in [9.17, 15) is 39.6 Å². The van der Waals surface area contributed by atoms with E-state index in [0.29, 0.717) is 47.9 Å². The van der Waals surface area contributed by atoms with Crippen molar-refractivity contribution in [3.63, 3.8) is 0 Å². The zero-order valence-corrected chi connectivity index (χ0v) is 40.5. The smallest absolute Gasteiger partial charge is 0.336 e. The van der Waals surface area contributed by atoms with Gasteiger partial charge in [0.05, 0.1) is 22.3 Å². The molecule has 0 saturated heterocycles. The summed E-state index contributed by atoms with van der Waals surface area (Å²) in [7, 11) is 0. The topological polar surface area (TPSA) is 253 Å². The van der Waals surface area contributed by atoms with Crippen molar-refractivity contribution in [3.8, 4) is 0 Å². The largest absolute Gasteiger partial charge is 0.478 e. The van der Waals surface area contributed by atoms with E-state index in [1.807, 2.05) is 83.1 Å². The fourth-order valence-electron chi connectivity index (χ4n) is 9.30. The predicted molar refractivity (Wildman–Crippen MR) is 262 cm³/mol. The summed E-state index contributed by atoms with van der Waals surface area (Å²) in [5.74, 6) is -7.23. The minimum atomic E-state index is -1.30. The normalized spacial score (nSPS) is 13.4. The van der Waals surface area contributed by atoms with Gasteiger partial charge in [0.2, 0.25) is 0 Å². The van der Waals surface area contributed by atoms with Gasteiger partial charge in [0.25, 0.3) is 0 Å². The van der Waals surface area contributed by atoms with Gasteiger partial charge in [0, 0.05) is 22.7 Å². The first-order valence-electron chi connectivity index (χ1n) is 22.7. The lowest BCUT2D eigenvalue weighted by molar-refractivity contribution is 0.0682. The van der Waals surface area contributed by atoms with E-state index >= 15 is 0 Å². The second-order valence-electron chi connectivity index (χ2n) is 20.2. The first-order chi connectivity index (χ1) is 30.1. The van der Waals surface area contributed by atoms with E-state index in [2.05, 4.69) is 0 Å². The average Bonchev–Trinajstić information content (AvgIpc) is 3.23. The number of carboxylic acids is 4. The average molecular weight is 893 g/mol. The molecule has 0 spiro atoms. The van der Waals surface area contributed by atoms with Gasteiger partial charge in [-0.1, -0.05) is 107 Å². The lowest BCUT2D eigenvalue weighted by Crippen LogP contribution is -2.28. The number of rotatable bonds is 20. The number of benzene rings is 4. The van der Waals surface area contributed by atoms with E-state index in [-0.39, 0.29) is 81.0 Å². The van der Waals surface area contributed by atoms with Crippen molar-refractivity contribution in [1.82, 2.24) is 0 Å². The van der Waals surface area contributed by atoms with Crippen molar-refractivity contribution >= 4 is 46.6 Å². The molecule has 4 aromatic carbocycles. The van der Waals surface area contributed by atoms with Crippen LogP contribution in [0.4, 0.5) is 22.7 Å². The Morgan fingerprint density at radius 3 is 1.03 bits per heavy atom. The van der Waals surface area contributed by atoms with Crippen LogP contribution < -0.4 is 22.9 Å². The summed E-state index contributed by atoms with van der Waals surface area (Å²) in [6.07, 6.45) is 2.33. The third-order valence-electron chi connectivity index (χ3n) is 15.0. The summed E-state index contributed by atoms with van der Waals surface area (Å²) < 4.78 is 0. The molecule has 0 saturated carbocycles. The Kier molecular flexibility index (Phi) is 15.2. The number of aromatic carboxylic acids is 4. The van der Waals surface area contributed by atoms with E-state index in [0.717, 1.165) is 5.56 Å². The highest BCUT2D eigenvalue weighted by Gasteiger charge is 2.40. The molecule has 0 aliphatic rings. The summed E-state index contributed by atoms with van der Waals surface area (Å²) in [4.78, 5) is 53.4. The second-order valence-corrected chi connectivity index (χ2v) is 20.2. The SMILES string of the molecule is CCC(C)(C)c1ccc(C(=O)O)c(CCC(c2c(C(=O)O)ccc(C(C)(C)CC)c2N)C(Cc2c(C(=O)O)ccc(C(C)(C)CC)c2N)c2c(C(=O)O)ccc(C(C)(C)CC)c2N)c1N. The van der Waals surface area contributed by atoms with Crippen LogP contribution in [0.2, 0.25) is 0 Å². The molecule has 0 bridgehead atoms. The van der Waals surface area contributed by atoms with Crippen LogP contribution in [0.3, 0.4) is 0 Å². The predicted octanol–water partition coefficient (Wildman–Crippen LogP) is 11.3. The molecule has 0 heterocycles. The maximum atomic E-state index is 13.6. The number of nitrogens with two attached hydrogens (primary N) is 4. The molecule has 0 radical (unpaired) electrons. The van der Waals surface area contributed by atoms with Crippen LogP contribution >= 0.6 is 0 Å². The van der Waals surface area contributed by atoms with Gasteiger partial charge in [-0.2, -0.15) is 0 Å². The van der Waals surface area contributed by atoms with Crippen LogP contribution in [0.25, 0.3) is 0 Å². The molecule has 0 aliphatic heterocycles. The molecule has 4 rings (SSSR count). The number of carbonyl (C=O) groups is 4. The maximum absolute atomic E-state index is 13.6. The van der Waals surface area contributed by atoms with Gasteiger partial charge in [0.15, 0.2) is 0 Å². The summed E-state index contributed by atoms with van der Waals surface area (Å²) >= 11 is 0. The molecule has 12 nitrogen and oxygen atoms in total. The number of hydrogen-bond acceptors (Lipinski definition) is 8. The highest BCUT2D eigenvalue weighted by atomic mass is 16.4. The Bertz CT molecular complexity index is 2500. The third-order valence-corrected chi connectivity index (χ3v) is 15.0. The standard InChI is InChI=1S/C53H72N4O8/c1-13-50(5,6)36-23-19-30(46(58)59)29(42(36)54)18-17-28(40-32(48(62)63)21-25-38(44(40)56)52(9,10)15-3)34(41-33(49(64)65)22-26-39(45(41)57)53(11,12)16-4)27-35-31(47(60)61)20-24-37(43(35)55)51(7,8)14-2/h19-26,28,34H,13-18,27,54-57H2,1-12H3,(H,58,59)(H,60,61)(H,62,63)(H,64,65). The van der Waals surface area contributed by atoms with E-state index < -0.39 is 57.4 Å². The zero-order valence-electron chi connectivity index (χ0n) is 40.5. The van der Waals surface area contributed by atoms with Crippen molar-refractivity contribution in [2.75, 3.05) is 22.9 Å². The molecule has 2 atom stereocenters. The second kappa shape index (κ2) is 19.2. The first kappa shape index (κ1) is 51.6. The molecule has 2 unspecified atom stereocenters. The minimum absolute atomic E-state index is 0.0191. The van der Waals surface area contributed by atoms with Gasteiger partial charge in [-0.15, -0.1) is 0 Å². The Hall–Kier alpha value is -6.04. The van der Waals surface area contributed by atoms with Gasteiger partial charge in [0.1, 0.15) is 0 Å². The van der Waals surface area contributed by atoms with Crippen LogP contribution in [0.5, 0.6) is 0 Å².